The van der Waals surface area contributed by atoms with Crippen LogP contribution in [0.15, 0.2) is 40.3 Å². The lowest BCUT2D eigenvalue weighted by atomic mass is 10.1. The highest BCUT2D eigenvalue weighted by molar-refractivity contribution is 7.91. The maximum absolute atomic E-state index is 12.4. The van der Waals surface area contributed by atoms with E-state index in [0.29, 0.717) is 36.0 Å². The summed E-state index contributed by atoms with van der Waals surface area (Å²) in [4.78, 5) is 7.85. The number of piperidine rings is 1. The fraction of sp³-hybridized carbons (Fsp3) is 0.385. The lowest BCUT2D eigenvalue weighted by molar-refractivity contribution is 0.130. The highest BCUT2D eigenvalue weighted by Gasteiger charge is 2.30. The summed E-state index contributed by atoms with van der Waals surface area (Å²) in [6.07, 6.45) is 4.38. The number of nitrogens with zero attached hydrogens (tertiary/aromatic N) is 3. The van der Waals surface area contributed by atoms with Crippen molar-refractivity contribution in [3.63, 3.8) is 0 Å². The number of rotatable bonds is 4. The molecule has 2 aromatic heterocycles. The largest absolute Gasteiger partial charge is 0.474 e. The molecule has 112 valence electrons. The maximum Gasteiger partial charge on any atom is 0.252 e. The highest BCUT2D eigenvalue weighted by atomic mass is 32.2. The van der Waals surface area contributed by atoms with E-state index in [1.165, 1.54) is 22.0 Å². The zero-order chi connectivity index (χ0) is 14.7. The Hall–Kier alpha value is -1.51. The van der Waals surface area contributed by atoms with E-state index < -0.39 is 10.0 Å². The minimum Gasteiger partial charge on any atom is -0.474 e. The number of thiophene rings is 1. The van der Waals surface area contributed by atoms with E-state index in [0.717, 1.165) is 0 Å². The summed E-state index contributed by atoms with van der Waals surface area (Å²) in [6, 6.07) is 5.10. The Kier molecular flexibility index (Phi) is 4.18. The van der Waals surface area contributed by atoms with Crippen LogP contribution in [0.25, 0.3) is 0 Å². The molecule has 0 radical (unpaired) electrons. The molecule has 1 saturated heterocycles. The predicted octanol–water partition coefficient (Wildman–Crippen LogP) is 1.77. The van der Waals surface area contributed by atoms with Crippen molar-refractivity contribution in [2.45, 2.75) is 23.2 Å². The summed E-state index contributed by atoms with van der Waals surface area (Å²) < 4.78 is 32.4. The molecule has 1 aliphatic rings. The van der Waals surface area contributed by atoms with Crippen LogP contribution in [0.1, 0.15) is 12.8 Å². The second-order valence-electron chi connectivity index (χ2n) is 4.70. The van der Waals surface area contributed by atoms with Crippen LogP contribution >= 0.6 is 11.3 Å². The van der Waals surface area contributed by atoms with Crippen molar-refractivity contribution in [2.24, 2.45) is 0 Å². The number of ether oxygens (including phenoxy) is 1. The van der Waals surface area contributed by atoms with Crippen molar-refractivity contribution < 1.29 is 13.2 Å². The van der Waals surface area contributed by atoms with Gasteiger partial charge >= 0.3 is 0 Å². The first-order valence-electron chi connectivity index (χ1n) is 6.62. The fourth-order valence-electron chi connectivity index (χ4n) is 2.25. The fourth-order valence-corrected chi connectivity index (χ4v) is 4.86. The van der Waals surface area contributed by atoms with Gasteiger partial charge < -0.3 is 4.74 Å². The summed E-state index contributed by atoms with van der Waals surface area (Å²) in [5.74, 6) is 0.532. The van der Waals surface area contributed by atoms with E-state index in [1.54, 1.807) is 29.8 Å². The van der Waals surface area contributed by atoms with Gasteiger partial charge in [0, 0.05) is 25.4 Å². The van der Waals surface area contributed by atoms with Gasteiger partial charge in [0.25, 0.3) is 10.0 Å². The third kappa shape index (κ3) is 3.22. The zero-order valence-corrected chi connectivity index (χ0v) is 12.9. The van der Waals surface area contributed by atoms with Crippen LogP contribution < -0.4 is 4.74 Å². The van der Waals surface area contributed by atoms with Crippen molar-refractivity contribution in [1.29, 1.82) is 0 Å². The summed E-state index contributed by atoms with van der Waals surface area (Å²) in [5.41, 5.74) is 0. The van der Waals surface area contributed by atoms with Gasteiger partial charge in [0.1, 0.15) is 16.6 Å². The number of aromatic nitrogens is 2. The Morgan fingerprint density at radius 1 is 1.29 bits per heavy atom. The Morgan fingerprint density at radius 3 is 2.71 bits per heavy atom. The van der Waals surface area contributed by atoms with Crippen LogP contribution in [0.2, 0.25) is 0 Å². The van der Waals surface area contributed by atoms with Crippen LogP contribution in [0.5, 0.6) is 5.88 Å². The third-order valence-electron chi connectivity index (χ3n) is 3.33. The molecular formula is C13H15N3O3S2. The van der Waals surface area contributed by atoms with E-state index in [4.69, 9.17) is 4.74 Å². The van der Waals surface area contributed by atoms with Crippen LogP contribution in [0.3, 0.4) is 0 Å². The van der Waals surface area contributed by atoms with E-state index >= 15 is 0 Å². The first-order valence-corrected chi connectivity index (χ1v) is 8.94. The molecule has 0 atom stereocenters. The van der Waals surface area contributed by atoms with Crippen molar-refractivity contribution in [1.82, 2.24) is 14.3 Å². The van der Waals surface area contributed by atoms with Gasteiger partial charge in [-0.15, -0.1) is 11.3 Å². The average molecular weight is 325 g/mol. The average Bonchev–Trinajstić information content (AvgIpc) is 3.04. The van der Waals surface area contributed by atoms with Crippen LogP contribution in [-0.2, 0) is 10.0 Å². The lowest BCUT2D eigenvalue weighted by Gasteiger charge is -2.30. The molecular weight excluding hydrogens is 310 g/mol. The molecule has 2 aromatic rings. The molecule has 1 aliphatic heterocycles. The monoisotopic (exact) mass is 325 g/mol. The Morgan fingerprint density at radius 2 is 2.10 bits per heavy atom. The molecule has 3 rings (SSSR count). The molecule has 0 bridgehead atoms. The van der Waals surface area contributed by atoms with Crippen molar-refractivity contribution in [3.8, 4) is 5.88 Å². The van der Waals surface area contributed by atoms with Gasteiger partial charge in [-0.3, -0.25) is 0 Å². The second-order valence-corrected chi connectivity index (χ2v) is 7.81. The molecule has 3 heterocycles. The summed E-state index contributed by atoms with van der Waals surface area (Å²) in [5, 5.41) is 1.78. The van der Waals surface area contributed by atoms with Crippen LogP contribution in [0.4, 0.5) is 0 Å². The van der Waals surface area contributed by atoms with Gasteiger partial charge in [0.2, 0.25) is 5.88 Å². The molecule has 0 aliphatic carbocycles. The maximum atomic E-state index is 12.4. The summed E-state index contributed by atoms with van der Waals surface area (Å²) in [7, 11) is -3.34. The molecule has 1 fully saturated rings. The molecule has 0 unspecified atom stereocenters. The van der Waals surface area contributed by atoms with Crippen molar-refractivity contribution >= 4 is 21.4 Å². The van der Waals surface area contributed by atoms with Gasteiger partial charge in [0.15, 0.2) is 0 Å². The Bertz CT molecular complexity index is 666. The van der Waals surface area contributed by atoms with Gasteiger partial charge in [0.05, 0.1) is 0 Å². The molecule has 21 heavy (non-hydrogen) atoms. The number of hydrogen-bond donors (Lipinski definition) is 0. The first-order chi connectivity index (χ1) is 10.2. The molecule has 8 heteroatoms. The normalized spacial score (nSPS) is 17.7. The molecule has 0 aromatic carbocycles. The third-order valence-corrected chi connectivity index (χ3v) is 6.60. The van der Waals surface area contributed by atoms with Crippen LogP contribution in [0, 0.1) is 0 Å². The highest BCUT2D eigenvalue weighted by Crippen LogP contribution is 2.25. The summed E-state index contributed by atoms with van der Waals surface area (Å²) in [6.45, 7) is 0.936. The summed E-state index contributed by atoms with van der Waals surface area (Å²) >= 11 is 1.25. The van der Waals surface area contributed by atoms with Crippen molar-refractivity contribution in [3.05, 3.63) is 36.1 Å². The van der Waals surface area contributed by atoms with Gasteiger partial charge in [-0.05, 0) is 24.3 Å². The Labute approximate surface area is 127 Å². The van der Waals surface area contributed by atoms with E-state index in [1.807, 2.05) is 0 Å². The van der Waals surface area contributed by atoms with Gasteiger partial charge in [-0.2, -0.15) is 4.31 Å². The molecule has 0 spiro atoms. The second kappa shape index (κ2) is 6.08. The topological polar surface area (TPSA) is 72.4 Å². The molecule has 6 nitrogen and oxygen atoms in total. The minimum absolute atomic E-state index is 0.00492. The first kappa shape index (κ1) is 14.4. The predicted molar refractivity (Wildman–Crippen MR) is 78.8 cm³/mol. The quantitative estimate of drug-likeness (QED) is 0.856. The standard InChI is InChI=1S/C13H15N3O3S2/c17-21(18,13-2-1-9-20-13)16-7-4-11(5-8-16)19-12-3-6-14-10-15-12/h1-3,6,9-11H,4-5,7-8H2. The zero-order valence-electron chi connectivity index (χ0n) is 11.3. The van der Waals surface area contributed by atoms with E-state index in [9.17, 15) is 8.42 Å². The molecule has 0 saturated carbocycles. The van der Waals surface area contributed by atoms with E-state index in [2.05, 4.69) is 9.97 Å². The number of sulfonamides is 1. The Balaban J connectivity index is 1.61. The molecule has 0 amide bonds. The van der Waals surface area contributed by atoms with Crippen LogP contribution in [-0.4, -0.2) is 41.9 Å². The van der Waals surface area contributed by atoms with Gasteiger partial charge in [-0.25, -0.2) is 18.4 Å². The lowest BCUT2D eigenvalue weighted by Crippen LogP contribution is -2.41. The van der Waals surface area contributed by atoms with E-state index in [-0.39, 0.29) is 6.10 Å². The smallest absolute Gasteiger partial charge is 0.252 e. The molecule has 0 N–H and O–H groups in total. The van der Waals surface area contributed by atoms with Gasteiger partial charge in [-0.1, -0.05) is 6.07 Å². The SMILES string of the molecule is O=S(=O)(c1cccs1)N1CCC(Oc2ccncn2)CC1. The van der Waals surface area contributed by atoms with Crippen molar-refractivity contribution in [2.75, 3.05) is 13.1 Å². The number of hydrogen-bond acceptors (Lipinski definition) is 6. The minimum atomic E-state index is -3.34.